The number of nitrogens with zero attached hydrogens (tertiary/aromatic N) is 1. The quantitative estimate of drug-likeness (QED) is 0.829. The molecule has 0 spiro atoms. The first-order valence-corrected chi connectivity index (χ1v) is 11.3. The van der Waals surface area contributed by atoms with Crippen LogP contribution in [0.15, 0.2) is 34.1 Å². The minimum atomic E-state index is -3.59. The Morgan fingerprint density at radius 1 is 0.875 bits per heavy atom. The van der Waals surface area contributed by atoms with E-state index in [-0.39, 0.29) is 21.9 Å². The largest absolute Gasteiger partial charge is 0.243 e. The maximum Gasteiger partial charge on any atom is 0.243 e. The topological polar surface area (TPSA) is 83.6 Å². The van der Waals surface area contributed by atoms with Crippen molar-refractivity contribution >= 4 is 20.0 Å². The first kappa shape index (κ1) is 17.8. The van der Waals surface area contributed by atoms with Crippen LogP contribution in [-0.4, -0.2) is 40.3 Å². The number of rotatable bonds is 6. The molecule has 3 rings (SSSR count). The van der Waals surface area contributed by atoms with Gasteiger partial charge in [-0.3, -0.25) is 0 Å². The van der Waals surface area contributed by atoms with Gasteiger partial charge in [0.15, 0.2) is 0 Å². The van der Waals surface area contributed by atoms with Crippen LogP contribution in [0.3, 0.4) is 0 Å². The molecular weight excluding hydrogens is 348 g/mol. The molecule has 2 aliphatic rings. The summed E-state index contributed by atoms with van der Waals surface area (Å²) in [5.41, 5.74) is 0. The van der Waals surface area contributed by atoms with Gasteiger partial charge in [0.1, 0.15) is 0 Å². The highest BCUT2D eigenvalue weighted by atomic mass is 32.2. The van der Waals surface area contributed by atoms with E-state index in [1.165, 1.54) is 28.6 Å². The van der Waals surface area contributed by atoms with Crippen LogP contribution in [0, 0.1) is 0 Å². The Morgan fingerprint density at radius 3 is 1.96 bits per heavy atom. The molecule has 0 aliphatic heterocycles. The fourth-order valence-corrected chi connectivity index (χ4v) is 5.81. The lowest BCUT2D eigenvalue weighted by Crippen LogP contribution is -2.38. The Hall–Kier alpha value is -0.960. The third kappa shape index (κ3) is 3.82. The molecule has 2 fully saturated rings. The molecule has 0 amide bonds. The van der Waals surface area contributed by atoms with Crippen LogP contribution in [0.5, 0.6) is 0 Å². The molecule has 0 unspecified atom stereocenters. The Bertz CT molecular complexity index is 778. The van der Waals surface area contributed by atoms with E-state index in [0.29, 0.717) is 0 Å². The van der Waals surface area contributed by atoms with Crippen molar-refractivity contribution in [2.45, 2.75) is 66.8 Å². The predicted molar refractivity (Wildman–Crippen MR) is 91.6 cm³/mol. The van der Waals surface area contributed by atoms with Gasteiger partial charge in [-0.1, -0.05) is 19.3 Å². The molecule has 2 saturated carbocycles. The highest BCUT2D eigenvalue weighted by molar-refractivity contribution is 7.89. The number of sulfonamides is 2. The van der Waals surface area contributed by atoms with Crippen LogP contribution in [-0.2, 0) is 20.0 Å². The molecule has 0 atom stereocenters. The Kier molecular flexibility index (Phi) is 5.01. The van der Waals surface area contributed by atoms with E-state index in [4.69, 9.17) is 0 Å². The van der Waals surface area contributed by atoms with Crippen molar-refractivity contribution in [2.24, 2.45) is 0 Å². The van der Waals surface area contributed by atoms with Crippen molar-refractivity contribution in [3.63, 3.8) is 0 Å². The fourth-order valence-electron chi connectivity index (χ4n) is 3.09. The smallest absolute Gasteiger partial charge is 0.208 e. The summed E-state index contributed by atoms with van der Waals surface area (Å²) in [7, 11) is -5.54. The molecular formula is C16H24N2O4S2. The SMILES string of the molecule is CN(C1CCCCC1)S(=O)(=O)c1ccc(S(=O)(=O)NC2CC2)cc1. The van der Waals surface area contributed by atoms with Crippen LogP contribution >= 0.6 is 0 Å². The lowest BCUT2D eigenvalue weighted by Gasteiger charge is -2.30. The number of hydrogen-bond donors (Lipinski definition) is 1. The van der Waals surface area contributed by atoms with E-state index in [0.717, 1.165) is 44.9 Å². The Balaban J connectivity index is 1.78. The van der Waals surface area contributed by atoms with E-state index >= 15 is 0 Å². The summed E-state index contributed by atoms with van der Waals surface area (Å²) in [6.07, 6.45) is 6.74. The standard InChI is InChI=1S/C16H24N2O4S2/c1-18(14-5-3-2-4-6-14)24(21,22)16-11-9-15(10-12-16)23(19,20)17-13-7-8-13/h9-14,17H,2-8H2,1H3. The van der Waals surface area contributed by atoms with Crippen LogP contribution in [0.1, 0.15) is 44.9 Å². The van der Waals surface area contributed by atoms with Gasteiger partial charge in [-0.15, -0.1) is 0 Å². The van der Waals surface area contributed by atoms with Crippen molar-refractivity contribution in [2.75, 3.05) is 7.05 Å². The summed E-state index contributed by atoms with van der Waals surface area (Å²) in [6.45, 7) is 0. The molecule has 0 aromatic heterocycles. The minimum Gasteiger partial charge on any atom is -0.208 e. The van der Waals surface area contributed by atoms with Gasteiger partial charge in [-0.25, -0.2) is 21.6 Å². The van der Waals surface area contributed by atoms with Gasteiger partial charge in [0, 0.05) is 19.1 Å². The Morgan fingerprint density at radius 2 is 1.42 bits per heavy atom. The highest BCUT2D eigenvalue weighted by Gasteiger charge is 2.30. The minimum absolute atomic E-state index is 0.0239. The number of benzene rings is 1. The molecule has 1 N–H and O–H groups in total. The molecule has 1 aromatic rings. The summed E-state index contributed by atoms with van der Waals surface area (Å²) >= 11 is 0. The van der Waals surface area contributed by atoms with Gasteiger partial charge < -0.3 is 0 Å². The summed E-state index contributed by atoms with van der Waals surface area (Å²) in [5.74, 6) is 0. The zero-order valence-corrected chi connectivity index (χ0v) is 15.4. The molecule has 134 valence electrons. The van der Waals surface area contributed by atoms with Crippen molar-refractivity contribution in [3.05, 3.63) is 24.3 Å². The summed E-state index contributed by atoms with van der Waals surface area (Å²) in [6, 6.07) is 5.56. The van der Waals surface area contributed by atoms with Gasteiger partial charge in [-0.2, -0.15) is 4.31 Å². The van der Waals surface area contributed by atoms with Gasteiger partial charge in [0.2, 0.25) is 20.0 Å². The van der Waals surface area contributed by atoms with E-state index < -0.39 is 20.0 Å². The monoisotopic (exact) mass is 372 g/mol. The van der Waals surface area contributed by atoms with E-state index in [1.807, 2.05) is 0 Å². The van der Waals surface area contributed by atoms with E-state index in [9.17, 15) is 16.8 Å². The highest BCUT2D eigenvalue weighted by Crippen LogP contribution is 2.27. The molecule has 6 nitrogen and oxygen atoms in total. The number of hydrogen-bond acceptors (Lipinski definition) is 4. The van der Waals surface area contributed by atoms with Gasteiger partial charge >= 0.3 is 0 Å². The average molecular weight is 373 g/mol. The second-order valence-corrected chi connectivity index (χ2v) is 10.4. The van der Waals surface area contributed by atoms with Gasteiger partial charge in [0.25, 0.3) is 0 Å². The summed E-state index contributed by atoms with van der Waals surface area (Å²) < 4.78 is 53.8. The molecule has 8 heteroatoms. The normalized spacial score (nSPS) is 20.4. The zero-order chi connectivity index (χ0) is 17.4. The number of nitrogens with one attached hydrogen (secondary N) is 1. The van der Waals surface area contributed by atoms with Crippen LogP contribution in [0.4, 0.5) is 0 Å². The maximum absolute atomic E-state index is 12.7. The average Bonchev–Trinajstić information content (AvgIpc) is 3.38. The van der Waals surface area contributed by atoms with Gasteiger partial charge in [0.05, 0.1) is 9.79 Å². The van der Waals surface area contributed by atoms with Crippen LogP contribution in [0.2, 0.25) is 0 Å². The molecule has 0 saturated heterocycles. The summed E-state index contributed by atoms with van der Waals surface area (Å²) in [4.78, 5) is 0.245. The molecule has 0 bridgehead atoms. The first-order chi connectivity index (χ1) is 11.3. The lowest BCUT2D eigenvalue weighted by atomic mass is 9.96. The lowest BCUT2D eigenvalue weighted by molar-refractivity contribution is 0.286. The predicted octanol–water partition coefficient (Wildman–Crippen LogP) is 2.08. The van der Waals surface area contributed by atoms with Crippen molar-refractivity contribution in [1.82, 2.24) is 9.03 Å². The van der Waals surface area contributed by atoms with Crippen molar-refractivity contribution < 1.29 is 16.8 Å². The third-order valence-corrected chi connectivity index (χ3v) is 8.26. The molecule has 0 radical (unpaired) electrons. The zero-order valence-electron chi connectivity index (χ0n) is 13.8. The second kappa shape index (κ2) is 6.74. The molecule has 24 heavy (non-hydrogen) atoms. The van der Waals surface area contributed by atoms with Crippen LogP contribution < -0.4 is 4.72 Å². The second-order valence-electron chi connectivity index (χ2n) is 6.68. The van der Waals surface area contributed by atoms with Crippen molar-refractivity contribution in [3.8, 4) is 0 Å². The Labute approximate surface area is 144 Å². The summed E-state index contributed by atoms with van der Waals surface area (Å²) in [5, 5.41) is 0. The van der Waals surface area contributed by atoms with Crippen LogP contribution in [0.25, 0.3) is 0 Å². The molecule has 2 aliphatic carbocycles. The van der Waals surface area contributed by atoms with Gasteiger partial charge in [-0.05, 0) is 49.9 Å². The first-order valence-electron chi connectivity index (χ1n) is 8.41. The van der Waals surface area contributed by atoms with E-state index in [2.05, 4.69) is 4.72 Å². The third-order valence-electron chi connectivity index (χ3n) is 4.80. The van der Waals surface area contributed by atoms with E-state index in [1.54, 1.807) is 7.05 Å². The molecule has 0 heterocycles. The maximum atomic E-state index is 12.7. The fraction of sp³-hybridized carbons (Fsp3) is 0.625. The molecule has 1 aromatic carbocycles. The van der Waals surface area contributed by atoms with Crippen molar-refractivity contribution in [1.29, 1.82) is 0 Å².